The summed E-state index contributed by atoms with van der Waals surface area (Å²) in [6.07, 6.45) is 6.12. The Balaban J connectivity index is 1.45. The van der Waals surface area contributed by atoms with E-state index >= 15 is 0 Å². The van der Waals surface area contributed by atoms with Crippen LogP contribution in [0.2, 0.25) is 0 Å². The lowest BCUT2D eigenvalue weighted by molar-refractivity contribution is -0.394. The van der Waals surface area contributed by atoms with Gasteiger partial charge in [0.15, 0.2) is 12.6 Å². The molecule has 0 atom stereocenters. The molecule has 3 heterocycles. The third-order valence-electron chi connectivity index (χ3n) is 3.82. The fraction of sp³-hybridized carbons (Fsp3) is 0.643. The van der Waals surface area contributed by atoms with Crippen molar-refractivity contribution in [2.75, 3.05) is 13.1 Å². The van der Waals surface area contributed by atoms with Crippen molar-refractivity contribution in [3.63, 3.8) is 0 Å². The predicted octanol–water partition coefficient (Wildman–Crippen LogP) is 2.01. The average molecular weight is 248 g/mol. The molecular weight excluding hydrogens is 228 g/mol. The molecule has 98 valence electrons. The Labute approximate surface area is 108 Å². The number of ether oxygens (including phenoxy) is 2. The first-order valence-electron chi connectivity index (χ1n) is 6.73. The molecule has 2 aliphatic rings. The van der Waals surface area contributed by atoms with Crippen LogP contribution in [0, 0.1) is 5.92 Å². The van der Waals surface area contributed by atoms with Gasteiger partial charge >= 0.3 is 0 Å². The molecule has 4 heteroatoms. The van der Waals surface area contributed by atoms with Crippen LogP contribution in [0.15, 0.2) is 24.5 Å². The van der Waals surface area contributed by atoms with E-state index in [4.69, 9.17) is 9.47 Å². The number of piperidine rings is 1. The van der Waals surface area contributed by atoms with Crippen molar-refractivity contribution in [2.45, 2.75) is 38.9 Å². The Bertz CT molecular complexity index is 371. The highest BCUT2D eigenvalue weighted by Crippen LogP contribution is 2.30. The van der Waals surface area contributed by atoms with Crippen LogP contribution < -0.4 is 0 Å². The van der Waals surface area contributed by atoms with E-state index in [9.17, 15) is 0 Å². The molecule has 2 fully saturated rings. The summed E-state index contributed by atoms with van der Waals surface area (Å²) < 4.78 is 11.2. The molecule has 3 rings (SSSR count). The third-order valence-corrected chi connectivity index (χ3v) is 3.82. The first kappa shape index (κ1) is 12.1. The molecule has 1 aromatic rings. The molecule has 4 nitrogen and oxygen atoms in total. The second-order valence-corrected chi connectivity index (χ2v) is 5.18. The fourth-order valence-corrected chi connectivity index (χ4v) is 2.74. The lowest BCUT2D eigenvalue weighted by atomic mass is 9.95. The average Bonchev–Trinajstić information content (AvgIpc) is 2.38. The van der Waals surface area contributed by atoms with Gasteiger partial charge in [0.1, 0.15) is 0 Å². The monoisotopic (exact) mass is 248 g/mol. The first-order valence-corrected chi connectivity index (χ1v) is 6.73. The molecule has 0 bridgehead atoms. The zero-order chi connectivity index (χ0) is 12.4. The van der Waals surface area contributed by atoms with E-state index in [-0.39, 0.29) is 12.6 Å². The van der Waals surface area contributed by atoms with Crippen molar-refractivity contribution in [3.05, 3.63) is 30.1 Å². The highest BCUT2D eigenvalue weighted by atomic mass is 16.9. The number of hydrogen-bond donors (Lipinski definition) is 0. The smallest absolute Gasteiger partial charge is 0.166 e. The molecule has 0 saturated carbocycles. The molecule has 0 aliphatic carbocycles. The zero-order valence-electron chi connectivity index (χ0n) is 10.8. The van der Waals surface area contributed by atoms with Crippen molar-refractivity contribution < 1.29 is 9.47 Å². The Hall–Kier alpha value is -0.970. The molecule has 0 N–H and O–H groups in total. The Kier molecular flexibility index (Phi) is 3.59. The summed E-state index contributed by atoms with van der Waals surface area (Å²) in [4.78, 5) is 6.54. The van der Waals surface area contributed by atoms with Gasteiger partial charge < -0.3 is 9.47 Å². The highest BCUT2D eigenvalue weighted by molar-refractivity contribution is 5.09. The molecule has 2 saturated heterocycles. The van der Waals surface area contributed by atoms with Crippen molar-refractivity contribution in [3.8, 4) is 0 Å². The Morgan fingerprint density at radius 2 is 1.89 bits per heavy atom. The number of likely N-dealkylation sites (tertiary alicyclic amines) is 1. The maximum Gasteiger partial charge on any atom is 0.166 e. The van der Waals surface area contributed by atoms with Gasteiger partial charge in [-0.05, 0) is 50.6 Å². The Morgan fingerprint density at radius 1 is 1.22 bits per heavy atom. The van der Waals surface area contributed by atoms with Gasteiger partial charge in [-0.1, -0.05) is 0 Å². The summed E-state index contributed by atoms with van der Waals surface area (Å²) in [5, 5.41) is 0. The molecular formula is C14H20N2O2. The van der Waals surface area contributed by atoms with Crippen LogP contribution >= 0.6 is 0 Å². The number of aromatic nitrogens is 1. The van der Waals surface area contributed by atoms with Crippen LogP contribution in [-0.4, -0.2) is 35.6 Å². The summed E-state index contributed by atoms with van der Waals surface area (Å²) in [6.45, 7) is 5.24. The Morgan fingerprint density at radius 3 is 2.50 bits per heavy atom. The summed E-state index contributed by atoms with van der Waals surface area (Å²) in [7, 11) is 0. The molecule has 0 aromatic carbocycles. The van der Waals surface area contributed by atoms with Crippen molar-refractivity contribution >= 4 is 0 Å². The fourth-order valence-electron chi connectivity index (χ4n) is 2.74. The number of pyridine rings is 1. The normalized spacial score (nSPS) is 30.1. The van der Waals surface area contributed by atoms with Gasteiger partial charge in [0, 0.05) is 24.9 Å². The number of hydrogen-bond acceptors (Lipinski definition) is 4. The molecule has 2 aliphatic heterocycles. The van der Waals surface area contributed by atoms with Crippen LogP contribution in [-0.2, 0) is 16.0 Å². The minimum Gasteiger partial charge on any atom is -0.324 e. The zero-order valence-corrected chi connectivity index (χ0v) is 10.8. The molecule has 0 amide bonds. The lowest BCUT2D eigenvalue weighted by Gasteiger charge is -2.42. The maximum atomic E-state index is 5.58. The van der Waals surface area contributed by atoms with Crippen LogP contribution in [0.3, 0.4) is 0 Å². The second-order valence-electron chi connectivity index (χ2n) is 5.18. The van der Waals surface area contributed by atoms with Gasteiger partial charge in [0.2, 0.25) is 0 Å². The largest absolute Gasteiger partial charge is 0.324 e. The number of rotatable bonds is 3. The maximum absolute atomic E-state index is 5.58. The van der Waals surface area contributed by atoms with E-state index in [1.807, 2.05) is 19.3 Å². The third kappa shape index (κ3) is 2.71. The van der Waals surface area contributed by atoms with E-state index in [2.05, 4.69) is 22.0 Å². The van der Waals surface area contributed by atoms with E-state index in [1.54, 1.807) is 0 Å². The molecule has 18 heavy (non-hydrogen) atoms. The minimum atomic E-state index is 0.00449. The van der Waals surface area contributed by atoms with E-state index in [0.717, 1.165) is 19.6 Å². The van der Waals surface area contributed by atoms with Crippen molar-refractivity contribution in [1.82, 2.24) is 9.88 Å². The van der Waals surface area contributed by atoms with Gasteiger partial charge in [0.05, 0.1) is 0 Å². The van der Waals surface area contributed by atoms with Crippen molar-refractivity contribution in [2.24, 2.45) is 5.92 Å². The van der Waals surface area contributed by atoms with Crippen LogP contribution in [0.1, 0.15) is 25.3 Å². The van der Waals surface area contributed by atoms with E-state index in [1.165, 1.54) is 18.4 Å². The van der Waals surface area contributed by atoms with Crippen LogP contribution in [0.4, 0.5) is 0 Å². The summed E-state index contributed by atoms with van der Waals surface area (Å²) in [5.41, 5.74) is 1.34. The lowest BCUT2D eigenvalue weighted by Crippen LogP contribution is -2.47. The quantitative estimate of drug-likeness (QED) is 0.819. The predicted molar refractivity (Wildman–Crippen MR) is 67.7 cm³/mol. The van der Waals surface area contributed by atoms with Gasteiger partial charge in [-0.25, -0.2) is 0 Å². The van der Waals surface area contributed by atoms with E-state index in [0.29, 0.717) is 5.92 Å². The summed E-state index contributed by atoms with van der Waals surface area (Å²) in [5.74, 6) is 0.579. The molecule has 1 aromatic heterocycles. The summed E-state index contributed by atoms with van der Waals surface area (Å²) in [6, 6.07) is 4.18. The summed E-state index contributed by atoms with van der Waals surface area (Å²) >= 11 is 0. The van der Waals surface area contributed by atoms with Crippen LogP contribution in [0.5, 0.6) is 0 Å². The number of nitrogens with zero attached hydrogens (tertiary/aromatic N) is 2. The molecule has 0 unspecified atom stereocenters. The first-order chi connectivity index (χ1) is 8.81. The SMILES string of the molecule is CC1OC(C2CCN(Cc3ccncc3)CC2)O1. The minimum absolute atomic E-state index is 0.00449. The van der Waals surface area contributed by atoms with E-state index < -0.39 is 0 Å². The van der Waals surface area contributed by atoms with Gasteiger partial charge in [-0.3, -0.25) is 9.88 Å². The standard InChI is InChI=1S/C14H20N2O2/c1-11-17-14(18-11)13-4-8-16(9-5-13)10-12-2-6-15-7-3-12/h2-3,6-7,11,13-14H,4-5,8-10H2,1H3. The van der Waals surface area contributed by atoms with Gasteiger partial charge in [-0.2, -0.15) is 0 Å². The molecule has 0 radical (unpaired) electrons. The topological polar surface area (TPSA) is 34.6 Å². The molecule has 0 spiro atoms. The van der Waals surface area contributed by atoms with Crippen LogP contribution in [0.25, 0.3) is 0 Å². The highest BCUT2D eigenvalue weighted by Gasteiger charge is 2.36. The second kappa shape index (κ2) is 5.34. The van der Waals surface area contributed by atoms with Gasteiger partial charge in [-0.15, -0.1) is 0 Å². The van der Waals surface area contributed by atoms with Gasteiger partial charge in [0.25, 0.3) is 0 Å². The van der Waals surface area contributed by atoms with Crippen molar-refractivity contribution in [1.29, 1.82) is 0 Å².